The van der Waals surface area contributed by atoms with Crippen molar-refractivity contribution in [3.63, 3.8) is 0 Å². The zero-order chi connectivity index (χ0) is 11.0. The molecule has 1 aliphatic rings. The van der Waals surface area contributed by atoms with Crippen LogP contribution in [0.25, 0.3) is 11.5 Å². The van der Waals surface area contributed by atoms with Crippen molar-refractivity contribution in [3.05, 3.63) is 23.8 Å². The monoisotopic (exact) mass is 231 g/mol. The Hall–Kier alpha value is -1.62. The van der Waals surface area contributed by atoms with Gasteiger partial charge in [0.15, 0.2) is 0 Å². The van der Waals surface area contributed by atoms with Crippen molar-refractivity contribution in [2.75, 3.05) is 6.26 Å². The van der Waals surface area contributed by atoms with Crippen LogP contribution in [0.2, 0.25) is 0 Å². The summed E-state index contributed by atoms with van der Waals surface area (Å²) < 4.78 is 5.47. The largest absolute Gasteiger partial charge is 0.411 e. The molecule has 0 N–H and O–H groups in total. The molecule has 1 aromatic carbocycles. The molecule has 0 amide bonds. The lowest BCUT2D eigenvalue weighted by molar-refractivity contribution is 0.466. The summed E-state index contributed by atoms with van der Waals surface area (Å²) in [5.41, 5.74) is 3.17. The maximum atomic E-state index is 5.47. The molecule has 1 aromatic heterocycles. The number of hydrogen-bond acceptors (Lipinski definition) is 5. The summed E-state index contributed by atoms with van der Waals surface area (Å²) >= 11 is 1.44. The molecule has 0 bridgehead atoms. The van der Waals surface area contributed by atoms with Crippen molar-refractivity contribution in [2.45, 2.75) is 11.6 Å². The number of thioether (sulfide) groups is 1. The van der Waals surface area contributed by atoms with Gasteiger partial charge in [0.2, 0.25) is 5.89 Å². The van der Waals surface area contributed by atoms with Gasteiger partial charge in [-0.3, -0.25) is 4.99 Å². The van der Waals surface area contributed by atoms with Gasteiger partial charge in [-0.2, -0.15) is 0 Å². The number of rotatable bonds is 2. The highest BCUT2D eigenvalue weighted by Crippen LogP contribution is 2.30. The van der Waals surface area contributed by atoms with E-state index < -0.39 is 0 Å². The third-order valence-electron chi connectivity index (χ3n) is 2.45. The van der Waals surface area contributed by atoms with Crippen molar-refractivity contribution >= 4 is 23.7 Å². The first-order chi connectivity index (χ1) is 7.86. The highest BCUT2D eigenvalue weighted by atomic mass is 32.2. The second-order valence-electron chi connectivity index (χ2n) is 3.44. The minimum Gasteiger partial charge on any atom is -0.411 e. The summed E-state index contributed by atoms with van der Waals surface area (Å²) in [4.78, 5) is 4.29. The molecule has 0 aliphatic carbocycles. The van der Waals surface area contributed by atoms with Crippen molar-refractivity contribution in [2.24, 2.45) is 4.99 Å². The van der Waals surface area contributed by atoms with Crippen LogP contribution in [-0.4, -0.2) is 22.7 Å². The molecule has 2 heterocycles. The topological polar surface area (TPSA) is 51.3 Å². The van der Waals surface area contributed by atoms with Gasteiger partial charge >= 0.3 is 0 Å². The Kier molecular flexibility index (Phi) is 2.25. The first-order valence-electron chi connectivity index (χ1n) is 4.90. The summed E-state index contributed by atoms with van der Waals surface area (Å²) in [6.45, 7) is 0. The number of benzene rings is 1. The van der Waals surface area contributed by atoms with E-state index in [0.717, 1.165) is 17.7 Å². The van der Waals surface area contributed by atoms with Crippen LogP contribution >= 0.6 is 11.8 Å². The Morgan fingerprint density at radius 2 is 2.25 bits per heavy atom. The van der Waals surface area contributed by atoms with Gasteiger partial charge in [0.1, 0.15) is 0 Å². The average Bonchev–Trinajstić information content (AvgIpc) is 2.96. The maximum Gasteiger partial charge on any atom is 0.276 e. The van der Waals surface area contributed by atoms with Crippen LogP contribution in [-0.2, 0) is 6.42 Å². The third-order valence-corrected chi connectivity index (χ3v) is 2.97. The first-order valence-corrected chi connectivity index (χ1v) is 6.12. The molecule has 16 heavy (non-hydrogen) atoms. The Balaban J connectivity index is 2.03. The quantitative estimate of drug-likeness (QED) is 0.746. The SMILES string of the molecule is CSc1nnc(-c2ccc3c(c2)N=CC3)o1. The van der Waals surface area contributed by atoms with E-state index in [1.54, 1.807) is 0 Å². The molecule has 0 fully saturated rings. The van der Waals surface area contributed by atoms with Gasteiger partial charge in [-0.1, -0.05) is 17.8 Å². The van der Waals surface area contributed by atoms with E-state index in [1.165, 1.54) is 17.3 Å². The second kappa shape index (κ2) is 3.75. The van der Waals surface area contributed by atoms with Crippen molar-refractivity contribution in [1.82, 2.24) is 10.2 Å². The fraction of sp³-hybridized carbons (Fsp3) is 0.182. The van der Waals surface area contributed by atoms with Crippen molar-refractivity contribution in [3.8, 4) is 11.5 Å². The molecule has 0 radical (unpaired) electrons. The van der Waals surface area contributed by atoms with Crippen LogP contribution < -0.4 is 0 Å². The molecule has 2 aromatic rings. The summed E-state index contributed by atoms with van der Waals surface area (Å²) in [6.07, 6.45) is 4.73. The van der Waals surface area contributed by atoms with Gasteiger partial charge in [-0.25, -0.2) is 0 Å². The Bertz CT molecular complexity index is 562. The minimum absolute atomic E-state index is 0.550. The van der Waals surface area contributed by atoms with E-state index in [-0.39, 0.29) is 0 Å². The molecular weight excluding hydrogens is 222 g/mol. The number of aliphatic imine (C=N–C) groups is 1. The molecule has 0 spiro atoms. The lowest BCUT2D eigenvalue weighted by Crippen LogP contribution is -1.81. The van der Waals surface area contributed by atoms with E-state index in [0.29, 0.717) is 11.1 Å². The van der Waals surface area contributed by atoms with Crippen LogP contribution in [0.3, 0.4) is 0 Å². The van der Waals surface area contributed by atoms with Gasteiger partial charge in [-0.15, -0.1) is 10.2 Å². The molecule has 1 aliphatic heterocycles. The van der Waals surface area contributed by atoms with Crippen LogP contribution in [0.5, 0.6) is 0 Å². The molecule has 0 saturated heterocycles. The van der Waals surface area contributed by atoms with Gasteiger partial charge in [0.05, 0.1) is 5.69 Å². The predicted molar refractivity (Wildman–Crippen MR) is 63.4 cm³/mol. The lowest BCUT2D eigenvalue weighted by atomic mass is 10.1. The fourth-order valence-electron chi connectivity index (χ4n) is 1.64. The van der Waals surface area contributed by atoms with E-state index in [2.05, 4.69) is 21.3 Å². The van der Waals surface area contributed by atoms with E-state index >= 15 is 0 Å². The van der Waals surface area contributed by atoms with Crippen LogP contribution in [0.1, 0.15) is 5.56 Å². The molecule has 5 heteroatoms. The molecule has 80 valence electrons. The Morgan fingerprint density at radius 1 is 1.31 bits per heavy atom. The molecule has 3 rings (SSSR count). The minimum atomic E-state index is 0.550. The Labute approximate surface area is 96.8 Å². The fourth-order valence-corrected chi connectivity index (χ4v) is 1.93. The van der Waals surface area contributed by atoms with Gasteiger partial charge in [0.25, 0.3) is 5.22 Å². The highest BCUT2D eigenvalue weighted by Gasteiger charge is 2.12. The standard InChI is InChI=1S/C11H9N3OS/c1-16-11-14-13-10(15-11)8-3-2-7-4-5-12-9(7)6-8/h2-3,5-6H,4H2,1H3. The van der Waals surface area contributed by atoms with E-state index in [1.807, 2.05) is 24.6 Å². The van der Waals surface area contributed by atoms with Gasteiger partial charge < -0.3 is 4.42 Å². The Morgan fingerprint density at radius 3 is 3.06 bits per heavy atom. The molecule has 0 unspecified atom stereocenters. The van der Waals surface area contributed by atoms with E-state index in [9.17, 15) is 0 Å². The summed E-state index contributed by atoms with van der Waals surface area (Å²) in [5, 5.41) is 8.49. The maximum absolute atomic E-state index is 5.47. The van der Waals surface area contributed by atoms with Crippen LogP contribution in [0.4, 0.5) is 5.69 Å². The number of hydrogen-bond donors (Lipinski definition) is 0. The number of aromatic nitrogens is 2. The predicted octanol–water partition coefficient (Wildman–Crippen LogP) is 2.72. The zero-order valence-electron chi connectivity index (χ0n) is 8.67. The van der Waals surface area contributed by atoms with E-state index in [4.69, 9.17) is 4.42 Å². The van der Waals surface area contributed by atoms with Gasteiger partial charge in [0, 0.05) is 18.2 Å². The first kappa shape index (κ1) is 9.59. The van der Waals surface area contributed by atoms with Crippen LogP contribution in [0.15, 0.2) is 32.8 Å². The molecule has 0 saturated carbocycles. The molecule has 4 nitrogen and oxygen atoms in total. The lowest BCUT2D eigenvalue weighted by Gasteiger charge is -1.98. The summed E-state index contributed by atoms with van der Waals surface area (Å²) in [5.74, 6) is 0.550. The molecule has 0 atom stereocenters. The van der Waals surface area contributed by atoms with Gasteiger partial charge in [-0.05, 0) is 24.0 Å². The van der Waals surface area contributed by atoms with Crippen LogP contribution in [0, 0.1) is 0 Å². The number of fused-ring (bicyclic) bond motifs is 1. The summed E-state index contributed by atoms with van der Waals surface area (Å²) in [7, 11) is 0. The smallest absolute Gasteiger partial charge is 0.276 e. The second-order valence-corrected chi connectivity index (χ2v) is 4.19. The van der Waals surface area contributed by atoms with Crippen molar-refractivity contribution in [1.29, 1.82) is 0 Å². The number of nitrogens with zero attached hydrogens (tertiary/aromatic N) is 3. The zero-order valence-corrected chi connectivity index (χ0v) is 9.49. The third kappa shape index (κ3) is 1.53. The normalized spacial score (nSPS) is 13.1. The highest BCUT2D eigenvalue weighted by molar-refractivity contribution is 7.98. The average molecular weight is 231 g/mol. The van der Waals surface area contributed by atoms with Crippen molar-refractivity contribution < 1.29 is 4.42 Å². The molecular formula is C11H9N3OS. The summed E-state index contributed by atoms with van der Waals surface area (Å²) in [6, 6.07) is 6.03.